The molecule has 2 N–H and O–H groups in total. The summed E-state index contributed by atoms with van der Waals surface area (Å²) in [6, 6.07) is 4.52. The van der Waals surface area contributed by atoms with Crippen LogP contribution in [0.5, 0.6) is 5.75 Å². The summed E-state index contributed by atoms with van der Waals surface area (Å²) in [6.45, 7) is 11.5. The van der Waals surface area contributed by atoms with E-state index in [9.17, 15) is 31.4 Å². The van der Waals surface area contributed by atoms with Crippen LogP contribution in [0.2, 0.25) is 0 Å². The first kappa shape index (κ1) is 28.1. The van der Waals surface area contributed by atoms with Crippen molar-refractivity contribution in [3.05, 3.63) is 52.6 Å². The first-order chi connectivity index (χ1) is 13.8. The lowest BCUT2D eigenvalue weighted by molar-refractivity contribution is -0.143. The molecule has 0 fully saturated rings. The number of hydrogen-bond acceptors (Lipinski definition) is 2. The van der Waals surface area contributed by atoms with Crippen LogP contribution in [-0.4, -0.2) is 10.6 Å². The maximum Gasteiger partial charge on any atom is 0.416 e. The van der Waals surface area contributed by atoms with Gasteiger partial charge in [0.05, 0.1) is 11.1 Å². The van der Waals surface area contributed by atoms with E-state index in [1.165, 1.54) is 6.07 Å². The summed E-state index contributed by atoms with van der Waals surface area (Å²) in [5.41, 5.74) is -2.96. The minimum absolute atomic E-state index is 0. The molecular formula is C23H28ClF6NO. The fourth-order valence-electron chi connectivity index (χ4n) is 2.95. The molecule has 0 aliphatic heterocycles. The Labute approximate surface area is 190 Å². The molecule has 0 unspecified atom stereocenters. The van der Waals surface area contributed by atoms with Gasteiger partial charge in [-0.2, -0.15) is 26.3 Å². The van der Waals surface area contributed by atoms with E-state index in [0.717, 1.165) is 0 Å². The van der Waals surface area contributed by atoms with Gasteiger partial charge in [-0.1, -0.05) is 26.8 Å². The molecule has 0 atom stereocenters. The number of phenols is 1. The number of alkyl halides is 6. The molecule has 9 heteroatoms. The summed E-state index contributed by atoms with van der Waals surface area (Å²) in [6.07, 6.45) is -9.94. The largest absolute Gasteiger partial charge is 0.507 e. The summed E-state index contributed by atoms with van der Waals surface area (Å²) in [7, 11) is 0. The van der Waals surface area contributed by atoms with E-state index >= 15 is 0 Å². The lowest BCUT2D eigenvalue weighted by Gasteiger charge is -2.25. The number of nitrogens with one attached hydrogen (secondary N) is 1. The molecule has 0 saturated carbocycles. The number of benzene rings is 2. The second-order valence-corrected chi connectivity index (χ2v) is 9.68. The van der Waals surface area contributed by atoms with Gasteiger partial charge < -0.3 is 10.4 Å². The maximum absolute atomic E-state index is 13.3. The summed E-state index contributed by atoms with van der Waals surface area (Å²) in [5.74, 6) is -0.350. The Morgan fingerprint density at radius 2 is 1.19 bits per heavy atom. The highest BCUT2D eigenvalue weighted by atomic mass is 35.5. The molecule has 0 aromatic heterocycles. The zero-order valence-electron chi connectivity index (χ0n) is 18.7. The van der Waals surface area contributed by atoms with Crippen LogP contribution in [0.4, 0.5) is 26.3 Å². The Balaban J connectivity index is 0.00000512. The molecular weight excluding hydrogens is 456 g/mol. The second kappa shape index (κ2) is 9.14. The Morgan fingerprint density at radius 1 is 0.719 bits per heavy atom. The molecule has 2 aromatic carbocycles. The van der Waals surface area contributed by atoms with Crippen LogP contribution in [0.15, 0.2) is 30.3 Å². The van der Waals surface area contributed by atoms with Crippen molar-refractivity contribution in [3.63, 3.8) is 0 Å². The summed E-state index contributed by atoms with van der Waals surface area (Å²) < 4.78 is 79.9. The van der Waals surface area contributed by atoms with Gasteiger partial charge in [-0.3, -0.25) is 0 Å². The van der Waals surface area contributed by atoms with Crippen LogP contribution in [0, 0.1) is 0 Å². The molecule has 32 heavy (non-hydrogen) atoms. The van der Waals surface area contributed by atoms with Crippen molar-refractivity contribution >= 4 is 12.4 Å². The highest BCUT2D eigenvalue weighted by molar-refractivity contribution is 5.85. The smallest absolute Gasteiger partial charge is 0.416 e. The van der Waals surface area contributed by atoms with Gasteiger partial charge in [0.15, 0.2) is 0 Å². The van der Waals surface area contributed by atoms with Gasteiger partial charge in [0.2, 0.25) is 0 Å². The average Bonchev–Trinajstić information content (AvgIpc) is 2.57. The summed E-state index contributed by atoms with van der Waals surface area (Å²) in [4.78, 5) is 0. The van der Waals surface area contributed by atoms with Gasteiger partial charge >= 0.3 is 12.4 Å². The van der Waals surface area contributed by atoms with Crippen molar-refractivity contribution in [2.24, 2.45) is 0 Å². The molecule has 0 spiro atoms. The van der Waals surface area contributed by atoms with Crippen LogP contribution in [0.3, 0.4) is 0 Å². The van der Waals surface area contributed by atoms with Gasteiger partial charge in [0.25, 0.3) is 0 Å². The van der Waals surface area contributed by atoms with Crippen molar-refractivity contribution in [3.8, 4) is 16.9 Å². The van der Waals surface area contributed by atoms with Crippen LogP contribution in [-0.2, 0) is 24.3 Å². The zero-order chi connectivity index (χ0) is 24.0. The van der Waals surface area contributed by atoms with Crippen LogP contribution >= 0.6 is 12.4 Å². The molecule has 0 saturated heterocycles. The monoisotopic (exact) mass is 483 g/mol. The Bertz CT molecular complexity index is 921. The third kappa shape index (κ3) is 7.04. The van der Waals surface area contributed by atoms with Crippen molar-refractivity contribution in [2.75, 3.05) is 0 Å². The standard InChI is InChI=1S/C23H27F6NO.ClH/c1-20(2,3)15-9-14(12-30-21(4,5)6)19(31)18(11-15)13-7-16(22(24,25)26)10-17(8-13)23(27,28)29;/h7-11,30-31H,12H2,1-6H3;1H. The number of hydrogen-bond donors (Lipinski definition) is 2. The fraction of sp³-hybridized carbons (Fsp3) is 0.478. The minimum Gasteiger partial charge on any atom is -0.507 e. The predicted octanol–water partition coefficient (Wildman–Crippen LogP) is 7.70. The topological polar surface area (TPSA) is 32.3 Å². The lowest BCUT2D eigenvalue weighted by atomic mass is 9.83. The molecule has 2 aromatic rings. The number of halogens is 7. The highest BCUT2D eigenvalue weighted by Crippen LogP contribution is 2.42. The number of aromatic hydroxyl groups is 1. The average molecular weight is 484 g/mol. The number of phenolic OH excluding ortho intramolecular Hbond substituents is 1. The molecule has 0 amide bonds. The Kier molecular flexibility index (Phi) is 8.02. The van der Waals surface area contributed by atoms with E-state index in [0.29, 0.717) is 23.3 Å². The first-order valence-electron chi connectivity index (χ1n) is 9.70. The third-order valence-electron chi connectivity index (χ3n) is 4.76. The summed E-state index contributed by atoms with van der Waals surface area (Å²) >= 11 is 0. The fourth-order valence-corrected chi connectivity index (χ4v) is 2.95. The molecule has 0 bridgehead atoms. The lowest BCUT2D eigenvalue weighted by Crippen LogP contribution is -2.35. The molecule has 0 heterocycles. The SMILES string of the molecule is CC(C)(C)NCc1cc(C(C)(C)C)cc(-c2cc(C(F)(F)F)cc(C(F)(F)F)c2)c1O.Cl. The van der Waals surface area contributed by atoms with Gasteiger partial charge in [0.1, 0.15) is 5.75 Å². The van der Waals surface area contributed by atoms with Crippen molar-refractivity contribution in [1.29, 1.82) is 0 Å². The molecule has 0 radical (unpaired) electrons. The highest BCUT2D eigenvalue weighted by Gasteiger charge is 2.37. The normalized spacial score (nSPS) is 13.1. The third-order valence-corrected chi connectivity index (χ3v) is 4.76. The van der Waals surface area contributed by atoms with Crippen LogP contribution in [0.1, 0.15) is 63.8 Å². The van der Waals surface area contributed by atoms with Gasteiger partial charge in [-0.25, -0.2) is 0 Å². The van der Waals surface area contributed by atoms with Crippen LogP contribution < -0.4 is 5.32 Å². The van der Waals surface area contributed by atoms with E-state index in [-0.39, 0.29) is 47.4 Å². The zero-order valence-corrected chi connectivity index (χ0v) is 19.5. The minimum atomic E-state index is -4.97. The van der Waals surface area contributed by atoms with E-state index in [4.69, 9.17) is 0 Å². The quantitative estimate of drug-likeness (QED) is 0.438. The van der Waals surface area contributed by atoms with Gasteiger partial charge in [-0.15, -0.1) is 12.4 Å². The van der Waals surface area contributed by atoms with Gasteiger partial charge in [0, 0.05) is 23.2 Å². The number of rotatable bonds is 3. The van der Waals surface area contributed by atoms with Gasteiger partial charge in [-0.05, 0) is 61.6 Å². The molecule has 180 valence electrons. The van der Waals surface area contributed by atoms with E-state index in [2.05, 4.69) is 5.32 Å². The molecule has 0 aliphatic rings. The first-order valence-corrected chi connectivity index (χ1v) is 9.70. The Hall–Kier alpha value is -1.93. The predicted molar refractivity (Wildman–Crippen MR) is 116 cm³/mol. The van der Waals surface area contributed by atoms with E-state index in [1.54, 1.807) is 6.07 Å². The Morgan fingerprint density at radius 3 is 1.56 bits per heavy atom. The van der Waals surface area contributed by atoms with E-state index in [1.807, 2.05) is 41.5 Å². The van der Waals surface area contributed by atoms with Crippen molar-refractivity contribution in [1.82, 2.24) is 5.32 Å². The van der Waals surface area contributed by atoms with Crippen molar-refractivity contribution < 1.29 is 31.4 Å². The molecule has 2 nitrogen and oxygen atoms in total. The second-order valence-electron chi connectivity index (χ2n) is 9.68. The molecule has 2 rings (SSSR count). The maximum atomic E-state index is 13.3. The molecule has 0 aliphatic carbocycles. The van der Waals surface area contributed by atoms with Crippen molar-refractivity contribution in [2.45, 2.75) is 71.4 Å². The van der Waals surface area contributed by atoms with Crippen LogP contribution in [0.25, 0.3) is 11.1 Å². The van der Waals surface area contributed by atoms with E-state index < -0.39 is 28.9 Å². The summed E-state index contributed by atoms with van der Waals surface area (Å²) in [5, 5.41) is 14.0.